The van der Waals surface area contributed by atoms with Gasteiger partial charge in [-0.2, -0.15) is 0 Å². The molecule has 1 rings (SSSR count). The van der Waals surface area contributed by atoms with Gasteiger partial charge in [-0.05, 0) is 33.6 Å². The minimum atomic E-state index is -0.112. The summed E-state index contributed by atoms with van der Waals surface area (Å²) >= 11 is 0. The third-order valence-corrected chi connectivity index (χ3v) is 1.99. The lowest BCUT2D eigenvalue weighted by Crippen LogP contribution is -2.40. The van der Waals surface area contributed by atoms with Crippen molar-refractivity contribution in [1.82, 2.24) is 5.32 Å². The maximum absolute atomic E-state index is 9.06. The summed E-state index contributed by atoms with van der Waals surface area (Å²) in [6.45, 7) is 6.83. The molecule has 0 bridgehead atoms. The highest BCUT2D eigenvalue weighted by atomic mass is 16.5. The molecule has 1 fully saturated rings. The number of hydrogen-bond acceptors (Lipinski definition) is 3. The van der Waals surface area contributed by atoms with Gasteiger partial charge in [-0.25, -0.2) is 0 Å². The van der Waals surface area contributed by atoms with E-state index in [2.05, 4.69) is 5.32 Å². The van der Waals surface area contributed by atoms with Gasteiger partial charge in [0.25, 0.3) is 0 Å². The zero-order valence-electron chi connectivity index (χ0n) is 8.84. The summed E-state index contributed by atoms with van der Waals surface area (Å²) in [6.07, 6.45) is 2.48. The van der Waals surface area contributed by atoms with Crippen LogP contribution in [0.1, 0.15) is 33.6 Å². The molecule has 2 N–H and O–H groups in total. The molecule has 0 spiro atoms. The minimum Gasteiger partial charge on any atom is -0.395 e. The Morgan fingerprint density at radius 1 is 1.46 bits per heavy atom. The second-order valence-corrected chi connectivity index (χ2v) is 4.74. The summed E-state index contributed by atoms with van der Waals surface area (Å²) in [5.74, 6) is 0. The molecule has 3 nitrogen and oxygen atoms in total. The Morgan fingerprint density at radius 3 is 2.46 bits per heavy atom. The van der Waals surface area contributed by atoms with Gasteiger partial charge in [0, 0.05) is 6.04 Å². The molecule has 0 radical (unpaired) electrons. The van der Waals surface area contributed by atoms with Crippen molar-refractivity contribution in [1.29, 1.82) is 0 Å². The Bertz CT molecular complexity index is 149. The Hall–Kier alpha value is -0.120. The Morgan fingerprint density at radius 2 is 2.08 bits per heavy atom. The smallest absolute Gasteiger partial charge is 0.0649 e. The summed E-state index contributed by atoms with van der Waals surface area (Å²) in [7, 11) is 0. The lowest BCUT2D eigenvalue weighted by atomic mass is 10.2. The van der Waals surface area contributed by atoms with Crippen molar-refractivity contribution in [2.24, 2.45) is 0 Å². The van der Waals surface area contributed by atoms with Gasteiger partial charge in [0.05, 0.1) is 24.9 Å². The van der Waals surface area contributed by atoms with Crippen LogP contribution < -0.4 is 5.32 Å². The quantitative estimate of drug-likeness (QED) is 0.672. The highest BCUT2D eigenvalue weighted by molar-refractivity contribution is 4.84. The van der Waals surface area contributed by atoms with Crippen LogP contribution in [0.4, 0.5) is 0 Å². The van der Waals surface area contributed by atoms with Crippen molar-refractivity contribution in [3.8, 4) is 0 Å². The Labute approximate surface area is 80.5 Å². The van der Waals surface area contributed by atoms with Gasteiger partial charge in [-0.3, -0.25) is 0 Å². The predicted octanol–water partition coefficient (Wildman–Crippen LogP) is 0.914. The van der Waals surface area contributed by atoms with Gasteiger partial charge < -0.3 is 15.2 Å². The van der Waals surface area contributed by atoms with Crippen molar-refractivity contribution in [3.63, 3.8) is 0 Å². The monoisotopic (exact) mass is 187 g/mol. The van der Waals surface area contributed by atoms with E-state index in [-0.39, 0.29) is 18.2 Å². The topological polar surface area (TPSA) is 41.5 Å². The molecule has 0 aliphatic heterocycles. The first kappa shape index (κ1) is 11.0. The summed E-state index contributed by atoms with van der Waals surface area (Å²) in [5, 5.41) is 12.4. The van der Waals surface area contributed by atoms with E-state index in [0.717, 1.165) is 0 Å². The second-order valence-electron chi connectivity index (χ2n) is 4.74. The maximum atomic E-state index is 9.06. The molecular formula is C10H21NO2. The second kappa shape index (κ2) is 4.40. The van der Waals surface area contributed by atoms with Crippen molar-refractivity contribution in [2.75, 3.05) is 13.2 Å². The van der Waals surface area contributed by atoms with E-state index in [4.69, 9.17) is 9.84 Å². The van der Waals surface area contributed by atoms with E-state index in [1.165, 1.54) is 12.8 Å². The third-order valence-electron chi connectivity index (χ3n) is 1.99. The maximum Gasteiger partial charge on any atom is 0.0649 e. The van der Waals surface area contributed by atoms with Gasteiger partial charge >= 0.3 is 0 Å². The minimum absolute atomic E-state index is 0.103. The summed E-state index contributed by atoms with van der Waals surface area (Å²) in [6, 6.07) is 0.729. The van der Waals surface area contributed by atoms with E-state index in [1.54, 1.807) is 0 Å². The number of aliphatic hydroxyl groups is 1. The molecule has 1 aliphatic rings. The molecule has 78 valence electrons. The molecule has 0 amide bonds. The zero-order valence-corrected chi connectivity index (χ0v) is 8.84. The molecule has 1 aliphatic carbocycles. The van der Waals surface area contributed by atoms with Crippen LogP contribution >= 0.6 is 0 Å². The largest absolute Gasteiger partial charge is 0.395 e. The predicted molar refractivity (Wildman–Crippen MR) is 52.7 cm³/mol. The van der Waals surface area contributed by atoms with E-state index < -0.39 is 0 Å². The lowest BCUT2D eigenvalue weighted by Gasteiger charge is -2.24. The average Bonchev–Trinajstić information content (AvgIpc) is 2.79. The van der Waals surface area contributed by atoms with Crippen molar-refractivity contribution < 1.29 is 9.84 Å². The van der Waals surface area contributed by atoms with Crippen LogP contribution in [0.3, 0.4) is 0 Å². The molecular weight excluding hydrogens is 166 g/mol. The van der Waals surface area contributed by atoms with E-state index in [9.17, 15) is 0 Å². The molecule has 0 aromatic carbocycles. The lowest BCUT2D eigenvalue weighted by molar-refractivity contribution is -0.0216. The summed E-state index contributed by atoms with van der Waals surface area (Å²) in [4.78, 5) is 0. The molecule has 0 aromatic heterocycles. The van der Waals surface area contributed by atoms with Crippen LogP contribution in [0.5, 0.6) is 0 Å². The van der Waals surface area contributed by atoms with Gasteiger partial charge in [0.15, 0.2) is 0 Å². The first-order chi connectivity index (χ1) is 6.01. The van der Waals surface area contributed by atoms with Crippen LogP contribution in [0.15, 0.2) is 0 Å². The first-order valence-corrected chi connectivity index (χ1v) is 5.02. The fourth-order valence-corrected chi connectivity index (χ4v) is 1.09. The Balaban J connectivity index is 2.14. The average molecular weight is 187 g/mol. The number of nitrogens with one attached hydrogen (secondary N) is 1. The van der Waals surface area contributed by atoms with Crippen molar-refractivity contribution in [2.45, 2.75) is 51.3 Å². The number of ether oxygens (including phenoxy) is 1. The number of hydrogen-bond donors (Lipinski definition) is 2. The molecule has 0 aromatic rings. The fraction of sp³-hybridized carbons (Fsp3) is 1.00. The van der Waals surface area contributed by atoms with Crippen LogP contribution in [0.25, 0.3) is 0 Å². The fourth-order valence-electron chi connectivity index (χ4n) is 1.09. The van der Waals surface area contributed by atoms with Crippen molar-refractivity contribution in [3.05, 3.63) is 0 Å². The van der Waals surface area contributed by atoms with Crippen LogP contribution in [0, 0.1) is 0 Å². The Kier molecular flexibility index (Phi) is 3.71. The van der Waals surface area contributed by atoms with E-state index >= 15 is 0 Å². The zero-order chi connectivity index (χ0) is 9.90. The van der Waals surface area contributed by atoms with Gasteiger partial charge in [-0.15, -0.1) is 0 Å². The number of aliphatic hydroxyl groups excluding tert-OH is 1. The van der Waals surface area contributed by atoms with E-state index in [0.29, 0.717) is 12.6 Å². The van der Waals surface area contributed by atoms with Crippen LogP contribution in [0.2, 0.25) is 0 Å². The number of rotatable bonds is 5. The SMILES string of the molecule is CC(C)(C)OCC(CO)NC1CC1. The molecule has 0 saturated heterocycles. The highest BCUT2D eigenvalue weighted by Crippen LogP contribution is 2.19. The van der Waals surface area contributed by atoms with Crippen molar-refractivity contribution >= 4 is 0 Å². The molecule has 1 atom stereocenters. The molecule has 0 heterocycles. The van der Waals surface area contributed by atoms with Gasteiger partial charge in [-0.1, -0.05) is 0 Å². The molecule has 13 heavy (non-hydrogen) atoms. The first-order valence-electron chi connectivity index (χ1n) is 5.02. The molecule has 3 heteroatoms. The van der Waals surface area contributed by atoms with Gasteiger partial charge in [0.2, 0.25) is 0 Å². The summed E-state index contributed by atoms with van der Waals surface area (Å²) < 4.78 is 5.59. The highest BCUT2D eigenvalue weighted by Gasteiger charge is 2.25. The normalized spacial score (nSPS) is 20.3. The molecule has 1 saturated carbocycles. The third kappa shape index (κ3) is 5.24. The standard InChI is InChI=1S/C10H21NO2/c1-10(2,3)13-7-9(6-12)11-8-4-5-8/h8-9,11-12H,4-7H2,1-3H3. The molecule has 1 unspecified atom stereocenters. The van der Waals surface area contributed by atoms with Crippen LogP contribution in [-0.4, -0.2) is 36.0 Å². The van der Waals surface area contributed by atoms with Gasteiger partial charge in [0.1, 0.15) is 0 Å². The van der Waals surface area contributed by atoms with E-state index in [1.807, 2.05) is 20.8 Å². The summed E-state index contributed by atoms with van der Waals surface area (Å²) in [5.41, 5.74) is -0.112. The van der Waals surface area contributed by atoms with Crippen LogP contribution in [-0.2, 0) is 4.74 Å².